The van der Waals surface area contributed by atoms with Crippen molar-refractivity contribution in [2.45, 2.75) is 4.90 Å². The first-order valence-corrected chi connectivity index (χ1v) is 13.8. The van der Waals surface area contributed by atoms with Crippen LogP contribution in [0, 0.1) is 0 Å². The summed E-state index contributed by atoms with van der Waals surface area (Å²) in [7, 11) is 0. The smallest absolute Gasteiger partial charge is 0.272 e. The van der Waals surface area contributed by atoms with E-state index in [4.69, 9.17) is 34.8 Å². The maximum absolute atomic E-state index is 13.3. The lowest BCUT2D eigenvalue weighted by atomic mass is 10.1. The molecule has 0 saturated carbocycles. The Morgan fingerprint density at radius 3 is 2.26 bits per heavy atom. The minimum absolute atomic E-state index is 0.0386. The minimum atomic E-state index is -0.523. The third-order valence-corrected chi connectivity index (χ3v) is 7.16. The van der Waals surface area contributed by atoms with Gasteiger partial charge in [0, 0.05) is 31.8 Å². The van der Waals surface area contributed by atoms with Crippen molar-refractivity contribution in [3.63, 3.8) is 0 Å². The number of thioether (sulfide) groups is 1. The molecule has 0 aliphatic rings. The van der Waals surface area contributed by atoms with E-state index in [1.807, 2.05) is 6.07 Å². The van der Waals surface area contributed by atoms with Crippen LogP contribution in [0.1, 0.15) is 26.3 Å². The Hall–Kier alpha value is -3.55. The quantitative estimate of drug-likeness (QED) is 0.117. The second-order valence-electron chi connectivity index (χ2n) is 8.25. The van der Waals surface area contributed by atoms with Gasteiger partial charge < -0.3 is 10.6 Å². The SMILES string of the molecule is O=C(Nc1cccc(SCC(=O)c2ccc(Cl)cc2Cl)c1)/C(=C/c1cccc(Cl)c1)NC(=O)c1ccccc1. The largest absolute Gasteiger partial charge is 0.321 e. The van der Waals surface area contributed by atoms with E-state index < -0.39 is 11.8 Å². The third-order valence-electron chi connectivity index (χ3n) is 5.38. The second-order valence-corrected chi connectivity index (χ2v) is 10.6. The average molecular weight is 596 g/mol. The topological polar surface area (TPSA) is 75.3 Å². The zero-order valence-corrected chi connectivity index (χ0v) is 23.4. The van der Waals surface area contributed by atoms with Crippen LogP contribution >= 0.6 is 46.6 Å². The van der Waals surface area contributed by atoms with Crippen LogP contribution in [0.4, 0.5) is 5.69 Å². The molecule has 0 saturated heterocycles. The molecule has 2 amide bonds. The molecule has 196 valence electrons. The number of hydrogen-bond donors (Lipinski definition) is 2. The zero-order valence-electron chi connectivity index (χ0n) is 20.3. The van der Waals surface area contributed by atoms with Crippen molar-refractivity contribution >= 4 is 75.9 Å². The van der Waals surface area contributed by atoms with Crippen molar-refractivity contribution in [3.05, 3.63) is 135 Å². The standard InChI is InChI=1S/C30H21Cl3N2O3S/c31-21-9-4-6-19(14-21)15-27(35-29(37)20-7-2-1-3-8-20)30(38)34-23-10-5-11-24(17-23)39-18-28(36)25-13-12-22(32)16-26(25)33/h1-17H,18H2,(H,34,38)(H,35,37)/b27-15-. The molecule has 0 fully saturated rings. The molecule has 0 heterocycles. The summed E-state index contributed by atoms with van der Waals surface area (Å²) in [6, 6.07) is 27.3. The van der Waals surface area contributed by atoms with Crippen molar-refractivity contribution in [3.8, 4) is 0 Å². The van der Waals surface area contributed by atoms with Gasteiger partial charge in [-0.05, 0) is 72.3 Å². The van der Waals surface area contributed by atoms with Gasteiger partial charge in [0.25, 0.3) is 11.8 Å². The van der Waals surface area contributed by atoms with E-state index >= 15 is 0 Å². The van der Waals surface area contributed by atoms with E-state index in [1.165, 1.54) is 17.8 Å². The predicted octanol–water partition coefficient (Wildman–Crippen LogP) is 8.03. The van der Waals surface area contributed by atoms with Crippen LogP contribution in [0.25, 0.3) is 6.08 Å². The van der Waals surface area contributed by atoms with Crippen LogP contribution in [0.3, 0.4) is 0 Å². The molecule has 0 atom stereocenters. The van der Waals surface area contributed by atoms with Crippen molar-refractivity contribution in [2.24, 2.45) is 0 Å². The van der Waals surface area contributed by atoms with Crippen LogP contribution in [0.2, 0.25) is 15.1 Å². The fraction of sp³-hybridized carbons (Fsp3) is 0.0333. The molecule has 0 bridgehead atoms. The summed E-state index contributed by atoms with van der Waals surface area (Å²) in [6.07, 6.45) is 1.55. The summed E-state index contributed by atoms with van der Waals surface area (Å²) in [4.78, 5) is 39.5. The van der Waals surface area contributed by atoms with Gasteiger partial charge in [0.2, 0.25) is 0 Å². The summed E-state index contributed by atoms with van der Waals surface area (Å²) in [6.45, 7) is 0. The van der Waals surface area contributed by atoms with Gasteiger partial charge in [0.05, 0.1) is 10.8 Å². The van der Waals surface area contributed by atoms with Crippen LogP contribution in [-0.2, 0) is 4.79 Å². The molecule has 5 nitrogen and oxygen atoms in total. The number of Topliss-reactive ketones (excluding diaryl/α,β-unsaturated/α-hetero) is 1. The lowest BCUT2D eigenvalue weighted by molar-refractivity contribution is -0.113. The fourth-order valence-electron chi connectivity index (χ4n) is 3.51. The van der Waals surface area contributed by atoms with Gasteiger partial charge in [0.1, 0.15) is 5.70 Å². The molecule has 0 aliphatic heterocycles. The van der Waals surface area contributed by atoms with Gasteiger partial charge in [-0.3, -0.25) is 14.4 Å². The number of anilines is 1. The third kappa shape index (κ3) is 8.22. The van der Waals surface area contributed by atoms with Gasteiger partial charge >= 0.3 is 0 Å². The van der Waals surface area contributed by atoms with Crippen LogP contribution < -0.4 is 10.6 Å². The Kier molecular flexibility index (Phi) is 9.85. The number of nitrogens with one attached hydrogen (secondary N) is 2. The zero-order chi connectivity index (χ0) is 27.8. The summed E-state index contributed by atoms with van der Waals surface area (Å²) in [5.74, 6) is -0.953. The van der Waals surface area contributed by atoms with Gasteiger partial charge in [-0.2, -0.15) is 0 Å². The fourth-order valence-corrected chi connectivity index (χ4v) is 5.06. The molecule has 4 aromatic rings. The maximum Gasteiger partial charge on any atom is 0.272 e. The molecule has 0 radical (unpaired) electrons. The van der Waals surface area contributed by atoms with E-state index in [1.54, 1.807) is 91.0 Å². The average Bonchev–Trinajstić information content (AvgIpc) is 2.92. The van der Waals surface area contributed by atoms with Crippen molar-refractivity contribution < 1.29 is 14.4 Å². The Bertz CT molecular complexity index is 1560. The number of amides is 2. The predicted molar refractivity (Wildman–Crippen MR) is 160 cm³/mol. The summed E-state index contributed by atoms with van der Waals surface area (Å²) in [5.41, 5.74) is 1.98. The lowest BCUT2D eigenvalue weighted by Crippen LogP contribution is -2.30. The molecule has 0 unspecified atom stereocenters. The van der Waals surface area contributed by atoms with E-state index in [2.05, 4.69) is 10.6 Å². The van der Waals surface area contributed by atoms with Gasteiger partial charge in [0.15, 0.2) is 5.78 Å². The molecule has 0 aliphatic carbocycles. The second kappa shape index (κ2) is 13.5. The minimum Gasteiger partial charge on any atom is -0.321 e. The molecule has 0 spiro atoms. The van der Waals surface area contributed by atoms with E-state index in [0.29, 0.717) is 37.4 Å². The molecular weight excluding hydrogens is 575 g/mol. The highest BCUT2D eigenvalue weighted by molar-refractivity contribution is 8.00. The van der Waals surface area contributed by atoms with E-state index in [9.17, 15) is 14.4 Å². The first-order valence-electron chi connectivity index (χ1n) is 11.6. The van der Waals surface area contributed by atoms with Crippen molar-refractivity contribution in [1.29, 1.82) is 0 Å². The van der Waals surface area contributed by atoms with E-state index in [0.717, 1.165) is 4.90 Å². The van der Waals surface area contributed by atoms with Gasteiger partial charge in [-0.1, -0.05) is 71.2 Å². The highest BCUT2D eigenvalue weighted by atomic mass is 35.5. The first-order chi connectivity index (χ1) is 18.8. The Morgan fingerprint density at radius 1 is 0.769 bits per heavy atom. The number of rotatable bonds is 9. The van der Waals surface area contributed by atoms with Crippen molar-refractivity contribution in [1.82, 2.24) is 5.32 Å². The van der Waals surface area contributed by atoms with Crippen molar-refractivity contribution in [2.75, 3.05) is 11.1 Å². The summed E-state index contributed by atoms with van der Waals surface area (Å²) < 4.78 is 0. The van der Waals surface area contributed by atoms with Gasteiger partial charge in [-0.15, -0.1) is 11.8 Å². The van der Waals surface area contributed by atoms with E-state index in [-0.39, 0.29) is 17.2 Å². The van der Waals surface area contributed by atoms with Crippen LogP contribution in [-0.4, -0.2) is 23.4 Å². The Balaban J connectivity index is 1.49. The highest BCUT2D eigenvalue weighted by Crippen LogP contribution is 2.26. The number of benzene rings is 4. The molecular formula is C30H21Cl3N2O3S. The number of carbonyl (C=O) groups excluding carboxylic acids is 3. The molecule has 39 heavy (non-hydrogen) atoms. The summed E-state index contributed by atoms with van der Waals surface area (Å²) in [5, 5.41) is 6.77. The van der Waals surface area contributed by atoms with Gasteiger partial charge in [-0.25, -0.2) is 0 Å². The lowest BCUT2D eigenvalue weighted by Gasteiger charge is -2.12. The Labute approximate surface area is 245 Å². The molecule has 9 heteroatoms. The molecule has 4 rings (SSSR count). The highest BCUT2D eigenvalue weighted by Gasteiger charge is 2.16. The number of hydrogen-bond acceptors (Lipinski definition) is 4. The number of halogens is 3. The number of ketones is 1. The van der Waals surface area contributed by atoms with Crippen LogP contribution in [0.5, 0.6) is 0 Å². The Morgan fingerprint density at radius 2 is 1.51 bits per heavy atom. The summed E-state index contributed by atoms with van der Waals surface area (Å²) >= 11 is 19.5. The molecule has 0 aromatic heterocycles. The molecule has 2 N–H and O–H groups in total. The monoisotopic (exact) mass is 594 g/mol. The normalized spacial score (nSPS) is 11.1. The number of carbonyl (C=O) groups is 3. The maximum atomic E-state index is 13.3. The molecule has 4 aromatic carbocycles. The van der Waals surface area contributed by atoms with Crippen LogP contribution in [0.15, 0.2) is 108 Å². The first kappa shape index (κ1) is 28.5.